The van der Waals surface area contributed by atoms with Crippen LogP contribution in [0.5, 0.6) is 0 Å². The van der Waals surface area contributed by atoms with Gasteiger partial charge in [0.15, 0.2) is 0 Å². The summed E-state index contributed by atoms with van der Waals surface area (Å²) in [6.45, 7) is 3.71. The van der Waals surface area contributed by atoms with Gasteiger partial charge in [0.1, 0.15) is 5.82 Å². The molecule has 2 aromatic rings. The second-order valence-electron chi connectivity index (χ2n) is 7.29. The Morgan fingerprint density at radius 1 is 1.08 bits per heavy atom. The first-order valence-corrected chi connectivity index (χ1v) is 9.36. The van der Waals surface area contributed by atoms with E-state index in [0.717, 1.165) is 55.7 Å². The highest BCUT2D eigenvalue weighted by atomic mass is 16.5. The van der Waals surface area contributed by atoms with Gasteiger partial charge >= 0.3 is 0 Å². The van der Waals surface area contributed by atoms with Crippen LogP contribution in [0.1, 0.15) is 25.7 Å². The number of anilines is 3. The molecule has 5 rings (SSSR count). The molecule has 0 spiro atoms. The quantitative estimate of drug-likeness (QED) is 0.887. The normalized spacial score (nSPS) is 25.1. The monoisotopic (exact) mass is 353 g/mol. The molecule has 3 aliphatic heterocycles. The summed E-state index contributed by atoms with van der Waals surface area (Å²) >= 11 is 0. The molecule has 2 N–H and O–H groups in total. The van der Waals surface area contributed by atoms with E-state index in [1.807, 2.05) is 6.07 Å². The maximum Gasteiger partial charge on any atom is 0.227 e. The Bertz CT molecular complexity index is 791. The highest BCUT2D eigenvalue weighted by molar-refractivity contribution is 5.64. The van der Waals surface area contributed by atoms with Crippen LogP contribution in [0.2, 0.25) is 0 Å². The summed E-state index contributed by atoms with van der Waals surface area (Å²) in [5.74, 6) is 2.05. The largest absolute Gasteiger partial charge is 0.374 e. The number of morpholine rings is 1. The first-order valence-electron chi connectivity index (χ1n) is 9.36. The standard InChI is InChI=1S/C18H23N7O/c19-17-20-8-12(9-21-17)15-7-16(25-10-14-6-13(25)11-26-14)23-18(22-15)24-4-2-1-3-5-24/h7-9,13-14H,1-6,10-11H2,(H2,19,20,21). The summed E-state index contributed by atoms with van der Waals surface area (Å²) in [6, 6.07) is 2.46. The number of nitrogens with zero attached hydrogens (tertiary/aromatic N) is 6. The van der Waals surface area contributed by atoms with E-state index in [1.54, 1.807) is 12.4 Å². The zero-order chi connectivity index (χ0) is 17.5. The highest BCUT2D eigenvalue weighted by Crippen LogP contribution is 2.34. The van der Waals surface area contributed by atoms with Crippen molar-refractivity contribution in [2.45, 2.75) is 37.8 Å². The van der Waals surface area contributed by atoms with Gasteiger partial charge < -0.3 is 20.3 Å². The lowest BCUT2D eigenvalue weighted by atomic mass is 10.1. The summed E-state index contributed by atoms with van der Waals surface area (Å²) in [7, 11) is 0. The van der Waals surface area contributed by atoms with Crippen molar-refractivity contribution in [1.82, 2.24) is 19.9 Å². The molecule has 26 heavy (non-hydrogen) atoms. The Hall–Kier alpha value is -2.48. The van der Waals surface area contributed by atoms with Gasteiger partial charge in [-0.1, -0.05) is 0 Å². The van der Waals surface area contributed by atoms with Gasteiger partial charge in [0, 0.05) is 43.7 Å². The van der Waals surface area contributed by atoms with Gasteiger partial charge in [-0.15, -0.1) is 0 Å². The SMILES string of the molecule is Nc1ncc(-c2cc(N3CC4CC3CO4)nc(N3CCCCC3)n2)cn1. The summed E-state index contributed by atoms with van der Waals surface area (Å²) in [4.78, 5) is 22.6. The molecule has 0 aliphatic carbocycles. The number of piperidine rings is 1. The second kappa shape index (κ2) is 6.35. The molecule has 2 unspecified atom stereocenters. The van der Waals surface area contributed by atoms with Gasteiger partial charge in [-0.2, -0.15) is 4.98 Å². The maximum absolute atomic E-state index is 5.75. The van der Waals surface area contributed by atoms with Crippen LogP contribution in [0.15, 0.2) is 18.5 Å². The van der Waals surface area contributed by atoms with Crippen molar-refractivity contribution < 1.29 is 4.74 Å². The first-order chi connectivity index (χ1) is 12.8. The molecule has 2 bridgehead atoms. The molecule has 3 saturated heterocycles. The van der Waals surface area contributed by atoms with Crippen LogP contribution in [-0.4, -0.2) is 58.3 Å². The van der Waals surface area contributed by atoms with E-state index in [9.17, 15) is 0 Å². The Balaban J connectivity index is 1.55. The van der Waals surface area contributed by atoms with E-state index in [1.165, 1.54) is 19.3 Å². The van der Waals surface area contributed by atoms with Crippen molar-refractivity contribution in [2.24, 2.45) is 0 Å². The first kappa shape index (κ1) is 15.7. The summed E-state index contributed by atoms with van der Waals surface area (Å²) < 4.78 is 5.75. The third-order valence-corrected chi connectivity index (χ3v) is 5.50. The van der Waals surface area contributed by atoms with Crippen LogP contribution in [0.3, 0.4) is 0 Å². The molecule has 0 saturated carbocycles. The zero-order valence-corrected chi connectivity index (χ0v) is 14.7. The van der Waals surface area contributed by atoms with Gasteiger partial charge in [0.2, 0.25) is 11.9 Å². The number of fused-ring (bicyclic) bond motifs is 2. The minimum atomic E-state index is 0.272. The maximum atomic E-state index is 5.75. The molecule has 3 aliphatic rings. The number of nitrogens with two attached hydrogens (primary N) is 1. The van der Waals surface area contributed by atoms with Crippen LogP contribution in [0.25, 0.3) is 11.3 Å². The topological polar surface area (TPSA) is 93.3 Å². The van der Waals surface area contributed by atoms with Crippen LogP contribution in [0.4, 0.5) is 17.7 Å². The lowest BCUT2D eigenvalue weighted by Crippen LogP contribution is -2.38. The number of nitrogen functional groups attached to an aromatic ring is 1. The van der Waals surface area contributed by atoms with Crippen molar-refractivity contribution in [1.29, 1.82) is 0 Å². The molecule has 0 radical (unpaired) electrons. The van der Waals surface area contributed by atoms with Crippen molar-refractivity contribution in [2.75, 3.05) is 41.8 Å². The molecule has 0 aromatic carbocycles. The van der Waals surface area contributed by atoms with Crippen LogP contribution in [0, 0.1) is 0 Å². The van der Waals surface area contributed by atoms with Crippen molar-refractivity contribution in [3.05, 3.63) is 18.5 Å². The Morgan fingerprint density at radius 3 is 2.58 bits per heavy atom. The lowest BCUT2D eigenvalue weighted by Gasteiger charge is -2.31. The van der Waals surface area contributed by atoms with E-state index >= 15 is 0 Å². The summed E-state index contributed by atoms with van der Waals surface area (Å²) in [5, 5.41) is 0. The number of aromatic nitrogens is 4. The number of rotatable bonds is 3. The average molecular weight is 353 g/mol. The van der Waals surface area contributed by atoms with Gasteiger partial charge in [-0.05, 0) is 25.7 Å². The lowest BCUT2D eigenvalue weighted by molar-refractivity contribution is 0.0989. The van der Waals surface area contributed by atoms with E-state index in [4.69, 9.17) is 20.4 Å². The van der Waals surface area contributed by atoms with Gasteiger partial charge in [-0.25, -0.2) is 15.0 Å². The van der Waals surface area contributed by atoms with Gasteiger partial charge in [0.05, 0.1) is 24.4 Å². The van der Waals surface area contributed by atoms with Crippen molar-refractivity contribution >= 4 is 17.7 Å². The zero-order valence-electron chi connectivity index (χ0n) is 14.7. The Kier molecular flexibility index (Phi) is 3.85. The van der Waals surface area contributed by atoms with E-state index in [0.29, 0.717) is 12.1 Å². The third-order valence-electron chi connectivity index (χ3n) is 5.50. The summed E-state index contributed by atoms with van der Waals surface area (Å²) in [5.41, 5.74) is 7.35. The van der Waals surface area contributed by atoms with Crippen LogP contribution in [-0.2, 0) is 4.74 Å². The van der Waals surface area contributed by atoms with Crippen LogP contribution < -0.4 is 15.5 Å². The molecule has 2 atom stereocenters. The van der Waals surface area contributed by atoms with Crippen LogP contribution >= 0.6 is 0 Å². The molecule has 0 amide bonds. The van der Waals surface area contributed by atoms with Crippen molar-refractivity contribution in [3.63, 3.8) is 0 Å². The minimum Gasteiger partial charge on any atom is -0.374 e. The Morgan fingerprint density at radius 2 is 1.88 bits per heavy atom. The molecule has 5 heterocycles. The molecular weight excluding hydrogens is 330 g/mol. The fourth-order valence-electron chi connectivity index (χ4n) is 4.10. The Labute approximate surface area is 152 Å². The van der Waals surface area contributed by atoms with E-state index < -0.39 is 0 Å². The molecular formula is C18H23N7O. The fraction of sp³-hybridized carbons (Fsp3) is 0.556. The smallest absolute Gasteiger partial charge is 0.227 e. The number of hydrogen-bond donors (Lipinski definition) is 1. The summed E-state index contributed by atoms with van der Waals surface area (Å²) in [6.07, 6.45) is 8.54. The van der Waals surface area contributed by atoms with Gasteiger partial charge in [-0.3, -0.25) is 0 Å². The molecule has 8 heteroatoms. The molecule has 136 valence electrons. The molecule has 2 aromatic heterocycles. The van der Waals surface area contributed by atoms with Crippen molar-refractivity contribution in [3.8, 4) is 11.3 Å². The second-order valence-corrected chi connectivity index (χ2v) is 7.29. The molecule has 3 fully saturated rings. The molecule has 8 nitrogen and oxygen atoms in total. The van der Waals surface area contributed by atoms with E-state index in [2.05, 4.69) is 19.8 Å². The number of hydrogen-bond acceptors (Lipinski definition) is 8. The number of ether oxygens (including phenoxy) is 1. The van der Waals surface area contributed by atoms with Gasteiger partial charge in [0.25, 0.3) is 0 Å². The highest BCUT2D eigenvalue weighted by Gasteiger charge is 2.40. The average Bonchev–Trinajstić information content (AvgIpc) is 3.32. The predicted octanol–water partition coefficient (Wildman–Crippen LogP) is 1.48. The minimum absolute atomic E-state index is 0.272. The predicted molar refractivity (Wildman–Crippen MR) is 99.0 cm³/mol. The van der Waals surface area contributed by atoms with E-state index in [-0.39, 0.29) is 5.95 Å². The fourth-order valence-corrected chi connectivity index (χ4v) is 4.10. The third kappa shape index (κ3) is 2.84.